The molecule has 2 N–H and O–H groups in total. The van der Waals surface area contributed by atoms with Gasteiger partial charge in [-0.05, 0) is 40.0 Å². The Morgan fingerprint density at radius 1 is 1.35 bits per heavy atom. The summed E-state index contributed by atoms with van der Waals surface area (Å²) in [6.07, 6.45) is 3.68. The van der Waals surface area contributed by atoms with Gasteiger partial charge in [-0.15, -0.1) is 0 Å². The zero-order valence-electron chi connectivity index (χ0n) is 11.6. The Morgan fingerprint density at radius 3 is 2.29 bits per heavy atom. The predicted octanol–water partition coefficient (Wildman–Crippen LogP) is 2.51. The minimum atomic E-state index is -0.419. The fraction of sp³-hybridized carbons (Fsp3) is 0.923. The van der Waals surface area contributed by atoms with Crippen molar-refractivity contribution in [3.8, 4) is 0 Å². The monoisotopic (exact) mass is 242 g/mol. The molecule has 1 amide bonds. The van der Waals surface area contributed by atoms with E-state index in [2.05, 4.69) is 6.92 Å². The Morgan fingerprint density at radius 2 is 1.88 bits per heavy atom. The molecule has 1 fully saturated rings. The number of hydrogen-bond donors (Lipinski definition) is 1. The lowest BCUT2D eigenvalue weighted by atomic mass is 9.85. The molecule has 0 aromatic carbocycles. The van der Waals surface area contributed by atoms with Crippen molar-refractivity contribution in [3.05, 3.63) is 0 Å². The zero-order chi connectivity index (χ0) is 13.1. The second kappa shape index (κ2) is 5.25. The van der Waals surface area contributed by atoms with Gasteiger partial charge in [0.1, 0.15) is 5.60 Å². The molecule has 100 valence electrons. The molecule has 0 aromatic heterocycles. The molecular formula is C13H26N2O2. The molecule has 0 aliphatic carbocycles. The van der Waals surface area contributed by atoms with Crippen molar-refractivity contribution < 1.29 is 9.53 Å². The van der Waals surface area contributed by atoms with Crippen molar-refractivity contribution in [2.45, 2.75) is 64.5 Å². The van der Waals surface area contributed by atoms with E-state index in [1.54, 1.807) is 4.90 Å². The first-order valence-electron chi connectivity index (χ1n) is 6.52. The second-order valence-corrected chi connectivity index (χ2v) is 6.08. The number of carbonyl (C=O) groups excluding carboxylic acids is 1. The van der Waals surface area contributed by atoms with Crippen LogP contribution in [-0.4, -0.2) is 35.2 Å². The number of amides is 1. The van der Waals surface area contributed by atoms with Crippen LogP contribution in [0.15, 0.2) is 0 Å². The van der Waals surface area contributed by atoms with Crippen LogP contribution in [0.1, 0.15) is 53.4 Å². The largest absolute Gasteiger partial charge is 0.444 e. The molecular weight excluding hydrogens is 216 g/mol. The molecule has 17 heavy (non-hydrogen) atoms. The number of likely N-dealkylation sites (tertiary alicyclic amines) is 1. The van der Waals surface area contributed by atoms with Gasteiger partial charge in [0.2, 0.25) is 0 Å². The Bertz CT molecular complexity index is 263. The molecule has 1 aliphatic rings. The first kappa shape index (κ1) is 14.3. The summed E-state index contributed by atoms with van der Waals surface area (Å²) in [6, 6.07) is 0. The quantitative estimate of drug-likeness (QED) is 0.809. The fourth-order valence-corrected chi connectivity index (χ4v) is 2.21. The van der Waals surface area contributed by atoms with Crippen LogP contribution in [0.25, 0.3) is 0 Å². The molecule has 1 aliphatic heterocycles. The predicted molar refractivity (Wildman–Crippen MR) is 68.9 cm³/mol. The molecule has 0 atom stereocenters. The normalized spacial score (nSPS) is 20.2. The minimum Gasteiger partial charge on any atom is -0.444 e. The van der Waals surface area contributed by atoms with E-state index in [-0.39, 0.29) is 11.6 Å². The molecule has 0 spiro atoms. The molecule has 0 aromatic rings. The lowest BCUT2D eigenvalue weighted by molar-refractivity contribution is 0.0164. The molecule has 1 saturated heterocycles. The van der Waals surface area contributed by atoms with Gasteiger partial charge in [0.15, 0.2) is 0 Å². The summed E-state index contributed by atoms with van der Waals surface area (Å²) in [5, 5.41) is 0. The highest BCUT2D eigenvalue weighted by molar-refractivity contribution is 5.68. The van der Waals surface area contributed by atoms with Gasteiger partial charge in [-0.2, -0.15) is 0 Å². The van der Waals surface area contributed by atoms with Crippen LogP contribution in [0.5, 0.6) is 0 Å². The third-order valence-corrected chi connectivity index (χ3v) is 3.16. The van der Waals surface area contributed by atoms with E-state index < -0.39 is 5.60 Å². The maximum atomic E-state index is 11.8. The molecule has 0 unspecified atom stereocenters. The van der Waals surface area contributed by atoms with Crippen molar-refractivity contribution in [2.24, 2.45) is 5.73 Å². The SMILES string of the molecule is CCCC1(N)CCN(C(=O)OC(C)(C)C)CC1. The lowest BCUT2D eigenvalue weighted by Crippen LogP contribution is -2.52. The van der Waals surface area contributed by atoms with E-state index >= 15 is 0 Å². The Balaban J connectivity index is 2.44. The van der Waals surface area contributed by atoms with E-state index in [1.807, 2.05) is 20.8 Å². The standard InChI is InChI=1S/C13H26N2O2/c1-5-6-13(14)7-9-15(10-8-13)11(16)17-12(2,3)4/h5-10,14H2,1-4H3. The Kier molecular flexibility index (Phi) is 4.42. The van der Waals surface area contributed by atoms with Gasteiger partial charge in [-0.3, -0.25) is 0 Å². The summed E-state index contributed by atoms with van der Waals surface area (Å²) in [5.41, 5.74) is 5.79. The highest BCUT2D eigenvalue weighted by atomic mass is 16.6. The smallest absolute Gasteiger partial charge is 0.410 e. The molecule has 1 rings (SSSR count). The number of hydrogen-bond acceptors (Lipinski definition) is 3. The van der Waals surface area contributed by atoms with Crippen LogP contribution >= 0.6 is 0 Å². The van der Waals surface area contributed by atoms with Crippen molar-refractivity contribution in [3.63, 3.8) is 0 Å². The summed E-state index contributed by atoms with van der Waals surface area (Å²) in [7, 11) is 0. The van der Waals surface area contributed by atoms with Crippen LogP contribution in [0, 0.1) is 0 Å². The van der Waals surface area contributed by atoms with Gasteiger partial charge >= 0.3 is 6.09 Å². The van der Waals surface area contributed by atoms with E-state index in [9.17, 15) is 4.79 Å². The maximum Gasteiger partial charge on any atom is 0.410 e. The molecule has 4 nitrogen and oxygen atoms in total. The summed E-state index contributed by atoms with van der Waals surface area (Å²) in [5.74, 6) is 0. The number of ether oxygens (including phenoxy) is 1. The summed E-state index contributed by atoms with van der Waals surface area (Å²) < 4.78 is 5.35. The third kappa shape index (κ3) is 4.54. The van der Waals surface area contributed by atoms with Crippen LogP contribution in [0.4, 0.5) is 4.79 Å². The van der Waals surface area contributed by atoms with Gasteiger partial charge in [0.25, 0.3) is 0 Å². The fourth-order valence-electron chi connectivity index (χ4n) is 2.21. The summed E-state index contributed by atoms with van der Waals surface area (Å²) >= 11 is 0. The minimum absolute atomic E-state index is 0.0761. The number of rotatable bonds is 2. The number of nitrogens with two attached hydrogens (primary N) is 1. The summed E-state index contributed by atoms with van der Waals surface area (Å²) in [4.78, 5) is 13.6. The van der Waals surface area contributed by atoms with E-state index in [0.29, 0.717) is 13.1 Å². The Labute approximate surface area is 104 Å². The van der Waals surface area contributed by atoms with E-state index in [4.69, 9.17) is 10.5 Å². The average Bonchev–Trinajstić information content (AvgIpc) is 2.15. The summed E-state index contributed by atoms with van der Waals surface area (Å²) in [6.45, 7) is 9.24. The van der Waals surface area contributed by atoms with Crippen LogP contribution in [0.2, 0.25) is 0 Å². The van der Waals surface area contributed by atoms with Crippen molar-refractivity contribution >= 4 is 6.09 Å². The van der Waals surface area contributed by atoms with Crippen molar-refractivity contribution in [1.82, 2.24) is 4.90 Å². The first-order valence-corrected chi connectivity index (χ1v) is 6.52. The van der Waals surface area contributed by atoms with E-state index in [0.717, 1.165) is 25.7 Å². The van der Waals surface area contributed by atoms with E-state index in [1.165, 1.54) is 0 Å². The zero-order valence-corrected chi connectivity index (χ0v) is 11.6. The third-order valence-electron chi connectivity index (χ3n) is 3.16. The highest BCUT2D eigenvalue weighted by Gasteiger charge is 2.33. The van der Waals surface area contributed by atoms with Crippen LogP contribution in [-0.2, 0) is 4.74 Å². The van der Waals surface area contributed by atoms with Gasteiger partial charge < -0.3 is 15.4 Å². The van der Waals surface area contributed by atoms with Gasteiger partial charge in [0.05, 0.1) is 0 Å². The van der Waals surface area contributed by atoms with Gasteiger partial charge in [-0.1, -0.05) is 13.3 Å². The van der Waals surface area contributed by atoms with Crippen LogP contribution in [0.3, 0.4) is 0 Å². The van der Waals surface area contributed by atoms with Crippen LogP contribution < -0.4 is 5.73 Å². The lowest BCUT2D eigenvalue weighted by Gasteiger charge is -2.39. The first-order chi connectivity index (χ1) is 7.76. The number of carbonyl (C=O) groups is 1. The van der Waals surface area contributed by atoms with Gasteiger partial charge in [0, 0.05) is 18.6 Å². The molecule has 0 bridgehead atoms. The van der Waals surface area contributed by atoms with Crippen molar-refractivity contribution in [1.29, 1.82) is 0 Å². The number of piperidine rings is 1. The van der Waals surface area contributed by atoms with Crippen molar-refractivity contribution in [2.75, 3.05) is 13.1 Å². The molecule has 0 saturated carbocycles. The second-order valence-electron chi connectivity index (χ2n) is 6.08. The molecule has 4 heteroatoms. The highest BCUT2D eigenvalue weighted by Crippen LogP contribution is 2.25. The Hall–Kier alpha value is -0.770. The van der Waals surface area contributed by atoms with Gasteiger partial charge in [-0.25, -0.2) is 4.79 Å². The number of nitrogens with zero attached hydrogens (tertiary/aromatic N) is 1. The average molecular weight is 242 g/mol. The molecule has 1 heterocycles. The molecule has 0 radical (unpaired) electrons. The maximum absolute atomic E-state index is 11.8. The topological polar surface area (TPSA) is 55.6 Å².